The molecule has 0 aromatic carbocycles. The molecule has 0 aromatic heterocycles. The number of alkyl halides is 2. The van der Waals surface area contributed by atoms with Crippen molar-refractivity contribution in [2.45, 2.75) is 64.2 Å². The fraction of sp³-hybridized carbons (Fsp3) is 0.917. The van der Waals surface area contributed by atoms with E-state index in [1.54, 1.807) is 20.8 Å². The van der Waals surface area contributed by atoms with E-state index in [9.17, 15) is 13.6 Å². The molecule has 0 aliphatic carbocycles. The molecule has 0 aliphatic heterocycles. The number of carbonyl (C=O) groups excluding carboxylic acids is 1. The van der Waals surface area contributed by atoms with Gasteiger partial charge in [0.15, 0.2) is 4.93 Å². The highest BCUT2D eigenvalue weighted by Gasteiger charge is 2.27. The molecule has 0 heterocycles. The topological polar surface area (TPSA) is 26.3 Å². The smallest absolute Gasteiger partial charge is 0.304 e. The minimum absolute atomic E-state index is 0.0506. The molecular formula is C12H22F2O2S. The Hall–Kier alpha value is -0.320. The Morgan fingerprint density at radius 2 is 1.88 bits per heavy atom. The van der Waals surface area contributed by atoms with Crippen molar-refractivity contribution < 1.29 is 18.3 Å². The lowest BCUT2D eigenvalue weighted by Crippen LogP contribution is -2.23. The standard InChI is InChI=1S/C12H22F2O2S/c1-5-7-12(13,14)8-6-9-17-11(3,4)16-10(2)15/h5-9H2,1-4H3. The molecule has 5 heteroatoms. The highest BCUT2D eigenvalue weighted by atomic mass is 32.2. The van der Waals surface area contributed by atoms with Crippen molar-refractivity contribution in [1.29, 1.82) is 0 Å². The van der Waals surface area contributed by atoms with E-state index < -0.39 is 10.9 Å². The number of esters is 1. The molecule has 0 fully saturated rings. The second kappa shape index (κ2) is 7.19. The van der Waals surface area contributed by atoms with Crippen LogP contribution in [0.5, 0.6) is 0 Å². The lowest BCUT2D eigenvalue weighted by atomic mass is 10.1. The van der Waals surface area contributed by atoms with Gasteiger partial charge in [-0.1, -0.05) is 13.3 Å². The van der Waals surface area contributed by atoms with Gasteiger partial charge in [0.05, 0.1) is 0 Å². The highest BCUT2D eigenvalue weighted by molar-refractivity contribution is 8.00. The van der Waals surface area contributed by atoms with Crippen molar-refractivity contribution in [3.63, 3.8) is 0 Å². The molecule has 0 rings (SSSR count). The third-order valence-corrected chi connectivity index (χ3v) is 3.41. The van der Waals surface area contributed by atoms with Gasteiger partial charge in [0.2, 0.25) is 5.92 Å². The maximum atomic E-state index is 13.2. The zero-order valence-electron chi connectivity index (χ0n) is 11.0. The van der Waals surface area contributed by atoms with Crippen molar-refractivity contribution in [2.75, 3.05) is 5.75 Å². The first-order chi connectivity index (χ1) is 7.68. The third kappa shape index (κ3) is 9.39. The van der Waals surface area contributed by atoms with E-state index in [1.807, 2.05) is 0 Å². The van der Waals surface area contributed by atoms with Crippen LogP contribution >= 0.6 is 11.8 Å². The van der Waals surface area contributed by atoms with Gasteiger partial charge >= 0.3 is 5.97 Å². The summed E-state index contributed by atoms with van der Waals surface area (Å²) in [6, 6.07) is 0. The van der Waals surface area contributed by atoms with Crippen LogP contribution in [0.25, 0.3) is 0 Å². The Bertz CT molecular complexity index is 243. The van der Waals surface area contributed by atoms with E-state index in [2.05, 4.69) is 0 Å². The molecule has 17 heavy (non-hydrogen) atoms. The summed E-state index contributed by atoms with van der Waals surface area (Å²) >= 11 is 1.39. The fourth-order valence-electron chi connectivity index (χ4n) is 1.52. The Kier molecular flexibility index (Phi) is 7.05. The van der Waals surface area contributed by atoms with Gasteiger partial charge in [0.25, 0.3) is 0 Å². The first-order valence-electron chi connectivity index (χ1n) is 5.90. The van der Waals surface area contributed by atoms with Crippen LogP contribution in [0.4, 0.5) is 8.78 Å². The van der Waals surface area contributed by atoms with Crippen molar-refractivity contribution in [2.24, 2.45) is 0 Å². The molecule has 2 nitrogen and oxygen atoms in total. The fourth-order valence-corrected chi connectivity index (χ4v) is 2.47. The third-order valence-electron chi connectivity index (χ3n) is 2.14. The van der Waals surface area contributed by atoms with Crippen LogP contribution in [0.15, 0.2) is 0 Å². The van der Waals surface area contributed by atoms with Gasteiger partial charge < -0.3 is 4.74 Å². The van der Waals surface area contributed by atoms with E-state index in [0.717, 1.165) is 0 Å². The van der Waals surface area contributed by atoms with Crippen LogP contribution in [-0.2, 0) is 9.53 Å². The van der Waals surface area contributed by atoms with Gasteiger partial charge in [-0.05, 0) is 26.0 Å². The Morgan fingerprint density at radius 3 is 2.35 bits per heavy atom. The number of hydrogen-bond acceptors (Lipinski definition) is 3. The number of carbonyl (C=O) groups is 1. The zero-order chi connectivity index (χ0) is 13.5. The molecule has 0 bridgehead atoms. The molecule has 102 valence electrons. The van der Waals surface area contributed by atoms with Crippen LogP contribution in [0.1, 0.15) is 53.4 Å². The van der Waals surface area contributed by atoms with Gasteiger partial charge in [-0.3, -0.25) is 4.79 Å². The molecule has 0 saturated carbocycles. The summed E-state index contributed by atoms with van der Waals surface area (Å²) in [5, 5.41) is 0. The lowest BCUT2D eigenvalue weighted by Gasteiger charge is -2.24. The number of halogens is 2. The summed E-state index contributed by atoms with van der Waals surface area (Å²) in [6.07, 6.45) is 0.788. The number of ether oxygens (including phenoxy) is 1. The molecule has 0 saturated heterocycles. The Morgan fingerprint density at radius 1 is 1.29 bits per heavy atom. The van der Waals surface area contributed by atoms with Crippen molar-refractivity contribution >= 4 is 17.7 Å². The average molecular weight is 268 g/mol. The molecule has 0 N–H and O–H groups in total. The van der Waals surface area contributed by atoms with Crippen LogP contribution in [0, 0.1) is 0 Å². The van der Waals surface area contributed by atoms with Gasteiger partial charge in [-0.2, -0.15) is 0 Å². The van der Waals surface area contributed by atoms with Crippen LogP contribution in [0.2, 0.25) is 0 Å². The molecule has 0 spiro atoms. The summed E-state index contributed by atoms with van der Waals surface area (Å²) in [4.78, 5) is 10.1. The van der Waals surface area contributed by atoms with Crippen molar-refractivity contribution in [3.05, 3.63) is 0 Å². The van der Waals surface area contributed by atoms with Gasteiger partial charge in [-0.15, -0.1) is 11.8 Å². The largest absolute Gasteiger partial charge is 0.449 e. The molecule has 0 unspecified atom stereocenters. The number of thioether (sulfide) groups is 1. The van der Waals surface area contributed by atoms with E-state index in [4.69, 9.17) is 4.74 Å². The SMILES string of the molecule is CCCC(F)(F)CCCSC(C)(C)OC(C)=O. The summed E-state index contributed by atoms with van der Waals surface area (Å²) in [7, 11) is 0. The van der Waals surface area contributed by atoms with Crippen molar-refractivity contribution in [3.8, 4) is 0 Å². The minimum atomic E-state index is -2.55. The quantitative estimate of drug-likeness (QED) is 0.374. The van der Waals surface area contributed by atoms with Gasteiger partial charge in [0.1, 0.15) is 0 Å². The monoisotopic (exact) mass is 268 g/mol. The molecular weight excluding hydrogens is 246 g/mol. The Balaban J connectivity index is 3.80. The van der Waals surface area contributed by atoms with Crippen molar-refractivity contribution in [1.82, 2.24) is 0 Å². The summed E-state index contributed by atoms with van der Waals surface area (Å²) in [6.45, 7) is 6.64. The number of rotatable bonds is 8. The Labute approximate surface area is 106 Å². The van der Waals surface area contributed by atoms with Crippen LogP contribution in [-0.4, -0.2) is 22.6 Å². The predicted octanol–water partition coefficient (Wildman–Crippen LogP) is 4.23. The maximum Gasteiger partial charge on any atom is 0.304 e. The van der Waals surface area contributed by atoms with E-state index in [1.165, 1.54) is 18.7 Å². The second-order valence-electron chi connectivity index (χ2n) is 4.55. The van der Waals surface area contributed by atoms with Gasteiger partial charge in [-0.25, -0.2) is 8.78 Å². The molecule has 0 aliphatic rings. The molecule has 0 amide bonds. The summed E-state index contributed by atoms with van der Waals surface area (Å²) in [5.74, 6) is -2.33. The normalized spacial score (nSPS) is 12.6. The van der Waals surface area contributed by atoms with E-state index in [-0.39, 0.29) is 18.8 Å². The maximum absolute atomic E-state index is 13.2. The molecule has 0 radical (unpaired) electrons. The van der Waals surface area contributed by atoms with Gasteiger partial charge in [0, 0.05) is 19.8 Å². The molecule has 0 atom stereocenters. The summed E-state index contributed by atoms with van der Waals surface area (Å²) in [5.41, 5.74) is 0. The lowest BCUT2D eigenvalue weighted by molar-refractivity contribution is -0.146. The van der Waals surface area contributed by atoms with E-state index in [0.29, 0.717) is 18.6 Å². The highest BCUT2D eigenvalue weighted by Crippen LogP contribution is 2.30. The number of hydrogen-bond donors (Lipinski definition) is 0. The zero-order valence-corrected chi connectivity index (χ0v) is 11.8. The predicted molar refractivity (Wildman–Crippen MR) is 67.4 cm³/mol. The van der Waals surface area contributed by atoms with E-state index >= 15 is 0 Å². The molecule has 0 aromatic rings. The first-order valence-corrected chi connectivity index (χ1v) is 6.88. The minimum Gasteiger partial charge on any atom is -0.449 e. The average Bonchev–Trinajstić information content (AvgIpc) is 2.10. The van der Waals surface area contributed by atoms with Crippen LogP contribution in [0.3, 0.4) is 0 Å². The summed E-state index contributed by atoms with van der Waals surface area (Å²) < 4.78 is 31.4. The van der Waals surface area contributed by atoms with Crippen LogP contribution < -0.4 is 0 Å². The second-order valence-corrected chi connectivity index (χ2v) is 6.23. The first kappa shape index (κ1) is 16.7.